The largest absolute Gasteiger partial charge is 0.370 e. The minimum absolute atomic E-state index is 0.130. The standard InChI is InChI=1S/C13H20N2S/c1-10-9-15(7-8-16-10)13-5-3-12(4-6-13)11(2)14/h3-6,10-11H,7-9,14H2,1-2H3. The predicted molar refractivity (Wildman–Crippen MR) is 73.2 cm³/mol. The zero-order chi connectivity index (χ0) is 11.5. The predicted octanol–water partition coefficient (Wildman–Crippen LogP) is 2.65. The highest BCUT2D eigenvalue weighted by atomic mass is 32.2. The highest BCUT2D eigenvalue weighted by molar-refractivity contribution is 8.00. The quantitative estimate of drug-likeness (QED) is 0.856. The normalized spacial score (nSPS) is 23.2. The Kier molecular flexibility index (Phi) is 3.77. The molecule has 0 bridgehead atoms. The maximum Gasteiger partial charge on any atom is 0.0367 e. The zero-order valence-electron chi connectivity index (χ0n) is 10.0. The SMILES string of the molecule is CC1CN(c2ccc(C(C)N)cc2)CCS1. The second-order valence-corrected chi connectivity index (χ2v) is 6.05. The van der Waals surface area contributed by atoms with Gasteiger partial charge in [0.25, 0.3) is 0 Å². The third-order valence-electron chi connectivity index (χ3n) is 3.03. The molecule has 2 nitrogen and oxygen atoms in total. The van der Waals surface area contributed by atoms with Crippen LogP contribution in [0, 0.1) is 0 Å². The van der Waals surface area contributed by atoms with Gasteiger partial charge in [-0.25, -0.2) is 0 Å². The van der Waals surface area contributed by atoms with Gasteiger partial charge in [0.15, 0.2) is 0 Å². The van der Waals surface area contributed by atoms with E-state index in [0.29, 0.717) is 0 Å². The van der Waals surface area contributed by atoms with Crippen LogP contribution in [-0.4, -0.2) is 24.1 Å². The molecule has 0 saturated carbocycles. The van der Waals surface area contributed by atoms with Crippen molar-refractivity contribution in [3.63, 3.8) is 0 Å². The minimum atomic E-state index is 0.130. The van der Waals surface area contributed by atoms with Gasteiger partial charge in [0.1, 0.15) is 0 Å². The Morgan fingerprint density at radius 1 is 1.38 bits per heavy atom. The molecule has 16 heavy (non-hydrogen) atoms. The van der Waals surface area contributed by atoms with Gasteiger partial charge in [-0.3, -0.25) is 0 Å². The molecule has 0 radical (unpaired) electrons. The van der Waals surface area contributed by atoms with Gasteiger partial charge >= 0.3 is 0 Å². The number of hydrogen-bond donors (Lipinski definition) is 1. The molecule has 2 unspecified atom stereocenters. The van der Waals surface area contributed by atoms with Gasteiger partial charge in [-0.15, -0.1) is 0 Å². The van der Waals surface area contributed by atoms with Crippen LogP contribution in [0.4, 0.5) is 5.69 Å². The Morgan fingerprint density at radius 3 is 2.62 bits per heavy atom. The Hall–Kier alpha value is -0.670. The molecule has 0 aliphatic carbocycles. The zero-order valence-corrected chi connectivity index (χ0v) is 10.8. The first-order valence-corrected chi connectivity index (χ1v) is 6.94. The minimum Gasteiger partial charge on any atom is -0.370 e. The van der Waals surface area contributed by atoms with Gasteiger partial charge in [0.2, 0.25) is 0 Å². The lowest BCUT2D eigenvalue weighted by atomic mass is 10.1. The van der Waals surface area contributed by atoms with E-state index in [0.717, 1.165) is 18.3 Å². The Bertz CT molecular complexity index is 334. The number of thioether (sulfide) groups is 1. The van der Waals surface area contributed by atoms with Crippen LogP contribution in [0.1, 0.15) is 25.5 Å². The number of nitrogens with two attached hydrogens (primary N) is 1. The smallest absolute Gasteiger partial charge is 0.0367 e. The van der Waals surface area contributed by atoms with E-state index in [-0.39, 0.29) is 6.04 Å². The molecule has 0 amide bonds. The van der Waals surface area contributed by atoms with Crippen molar-refractivity contribution in [1.29, 1.82) is 0 Å². The average Bonchev–Trinajstić information content (AvgIpc) is 2.29. The summed E-state index contributed by atoms with van der Waals surface area (Å²) in [4.78, 5) is 2.46. The van der Waals surface area contributed by atoms with E-state index in [1.165, 1.54) is 17.0 Å². The molecule has 1 aromatic carbocycles. The fourth-order valence-electron chi connectivity index (χ4n) is 2.04. The first-order chi connectivity index (χ1) is 7.66. The summed E-state index contributed by atoms with van der Waals surface area (Å²) in [7, 11) is 0. The van der Waals surface area contributed by atoms with E-state index in [1.807, 2.05) is 6.92 Å². The summed E-state index contributed by atoms with van der Waals surface area (Å²) in [5.41, 5.74) is 8.39. The third kappa shape index (κ3) is 2.71. The maximum atomic E-state index is 5.85. The van der Waals surface area contributed by atoms with Crippen LogP contribution in [0.15, 0.2) is 24.3 Å². The molecule has 2 atom stereocenters. The van der Waals surface area contributed by atoms with E-state index in [9.17, 15) is 0 Å². The van der Waals surface area contributed by atoms with Crippen molar-refractivity contribution in [3.8, 4) is 0 Å². The van der Waals surface area contributed by atoms with Crippen LogP contribution in [0.5, 0.6) is 0 Å². The molecule has 1 aromatic rings. The topological polar surface area (TPSA) is 29.3 Å². The number of benzene rings is 1. The summed E-state index contributed by atoms with van der Waals surface area (Å²) in [6, 6.07) is 8.81. The molecule has 0 aromatic heterocycles. The molecule has 1 heterocycles. The second-order valence-electron chi connectivity index (χ2n) is 4.51. The summed E-state index contributed by atoms with van der Waals surface area (Å²) in [6.45, 7) is 6.64. The van der Waals surface area contributed by atoms with E-state index >= 15 is 0 Å². The van der Waals surface area contributed by atoms with Gasteiger partial charge < -0.3 is 10.6 Å². The van der Waals surface area contributed by atoms with Crippen LogP contribution in [0.2, 0.25) is 0 Å². The van der Waals surface area contributed by atoms with Crippen LogP contribution < -0.4 is 10.6 Å². The molecule has 1 fully saturated rings. The molecule has 1 saturated heterocycles. The first-order valence-electron chi connectivity index (χ1n) is 5.89. The first kappa shape index (κ1) is 11.8. The van der Waals surface area contributed by atoms with Gasteiger partial charge in [0, 0.05) is 35.8 Å². The summed E-state index contributed by atoms with van der Waals surface area (Å²) in [5, 5.41) is 0.738. The summed E-state index contributed by atoms with van der Waals surface area (Å²) in [5.74, 6) is 1.23. The van der Waals surface area contributed by atoms with Crippen molar-refractivity contribution in [2.45, 2.75) is 25.1 Å². The highest BCUT2D eigenvalue weighted by Crippen LogP contribution is 2.24. The van der Waals surface area contributed by atoms with Crippen molar-refractivity contribution in [1.82, 2.24) is 0 Å². The van der Waals surface area contributed by atoms with Crippen molar-refractivity contribution in [3.05, 3.63) is 29.8 Å². The number of nitrogens with zero attached hydrogens (tertiary/aromatic N) is 1. The molecule has 2 N–H and O–H groups in total. The van der Waals surface area contributed by atoms with Crippen molar-refractivity contribution >= 4 is 17.4 Å². The monoisotopic (exact) mass is 236 g/mol. The van der Waals surface area contributed by atoms with Crippen molar-refractivity contribution in [2.24, 2.45) is 5.73 Å². The fourth-order valence-corrected chi connectivity index (χ4v) is 3.06. The Balaban J connectivity index is 2.09. The van der Waals surface area contributed by atoms with Gasteiger partial charge in [-0.1, -0.05) is 19.1 Å². The molecular formula is C13H20N2S. The summed E-state index contributed by atoms with van der Waals surface area (Å²) >= 11 is 2.06. The Labute approximate surface area is 102 Å². The van der Waals surface area contributed by atoms with Crippen LogP contribution in [-0.2, 0) is 0 Å². The molecular weight excluding hydrogens is 216 g/mol. The molecule has 1 aliphatic heterocycles. The Morgan fingerprint density at radius 2 is 2.06 bits per heavy atom. The van der Waals surface area contributed by atoms with E-state index < -0.39 is 0 Å². The second kappa shape index (κ2) is 5.11. The van der Waals surface area contributed by atoms with E-state index in [1.54, 1.807) is 0 Å². The number of rotatable bonds is 2. The van der Waals surface area contributed by atoms with Crippen LogP contribution in [0.25, 0.3) is 0 Å². The lowest BCUT2D eigenvalue weighted by Gasteiger charge is -2.32. The molecule has 88 valence electrons. The van der Waals surface area contributed by atoms with Crippen molar-refractivity contribution in [2.75, 3.05) is 23.7 Å². The molecule has 1 aliphatic rings. The summed E-state index contributed by atoms with van der Waals surface area (Å²) in [6.07, 6.45) is 0. The average molecular weight is 236 g/mol. The third-order valence-corrected chi connectivity index (χ3v) is 4.16. The maximum absolute atomic E-state index is 5.85. The van der Waals surface area contributed by atoms with E-state index in [4.69, 9.17) is 5.73 Å². The molecule has 3 heteroatoms. The highest BCUT2D eigenvalue weighted by Gasteiger charge is 2.16. The molecule has 0 spiro atoms. The van der Waals surface area contributed by atoms with Gasteiger partial charge in [-0.05, 0) is 24.6 Å². The lowest BCUT2D eigenvalue weighted by Crippen LogP contribution is -2.36. The van der Waals surface area contributed by atoms with E-state index in [2.05, 4.69) is 47.9 Å². The summed E-state index contributed by atoms with van der Waals surface area (Å²) < 4.78 is 0. The number of anilines is 1. The van der Waals surface area contributed by atoms with Gasteiger partial charge in [-0.2, -0.15) is 11.8 Å². The fraction of sp³-hybridized carbons (Fsp3) is 0.538. The van der Waals surface area contributed by atoms with Crippen molar-refractivity contribution < 1.29 is 0 Å². The van der Waals surface area contributed by atoms with Crippen LogP contribution in [0.3, 0.4) is 0 Å². The number of hydrogen-bond acceptors (Lipinski definition) is 3. The lowest BCUT2D eigenvalue weighted by molar-refractivity contribution is 0.780. The van der Waals surface area contributed by atoms with Gasteiger partial charge in [0.05, 0.1) is 0 Å². The molecule has 2 rings (SSSR count). The van der Waals surface area contributed by atoms with Crippen LogP contribution >= 0.6 is 11.8 Å².